The summed E-state index contributed by atoms with van der Waals surface area (Å²) in [5.74, 6) is 0.879. The van der Waals surface area contributed by atoms with E-state index in [1.165, 1.54) is 12.0 Å². The van der Waals surface area contributed by atoms with E-state index in [-0.39, 0.29) is 11.9 Å². The van der Waals surface area contributed by atoms with Crippen LogP contribution < -0.4 is 9.47 Å². The van der Waals surface area contributed by atoms with Gasteiger partial charge in [0.25, 0.3) is 0 Å². The third-order valence-corrected chi connectivity index (χ3v) is 3.63. The van der Waals surface area contributed by atoms with E-state index in [0.29, 0.717) is 30.9 Å². The molecule has 0 N–H and O–H groups in total. The van der Waals surface area contributed by atoms with Gasteiger partial charge in [0.2, 0.25) is 5.91 Å². The highest BCUT2D eigenvalue weighted by Gasteiger charge is 2.37. The molecular weight excluding hydrogens is 274 g/mol. The van der Waals surface area contributed by atoms with Crippen molar-refractivity contribution in [3.8, 4) is 11.5 Å². The first-order chi connectivity index (χ1) is 10.1. The highest BCUT2D eigenvalue weighted by atomic mass is 16.5. The Balaban J connectivity index is 2.26. The summed E-state index contributed by atoms with van der Waals surface area (Å²) in [7, 11) is 4.47. The average Bonchev–Trinajstić information content (AvgIpc) is 2.87. The Hall–Kier alpha value is -2.24. The number of likely N-dealkylation sites (tertiary alicyclic amines) is 1. The van der Waals surface area contributed by atoms with Crippen LogP contribution in [0.2, 0.25) is 0 Å². The maximum atomic E-state index is 12.0. The zero-order valence-electron chi connectivity index (χ0n) is 12.4. The molecule has 21 heavy (non-hydrogen) atoms. The first-order valence-electron chi connectivity index (χ1n) is 6.69. The van der Waals surface area contributed by atoms with Crippen molar-refractivity contribution in [3.63, 3.8) is 0 Å². The number of carbonyl (C=O) groups excluding carboxylic acids is 2. The van der Waals surface area contributed by atoms with Crippen molar-refractivity contribution in [2.45, 2.75) is 25.4 Å². The molecule has 2 rings (SSSR count). The smallest absolute Gasteiger partial charge is 0.328 e. The summed E-state index contributed by atoms with van der Waals surface area (Å²) >= 11 is 0. The van der Waals surface area contributed by atoms with Crippen molar-refractivity contribution in [3.05, 3.63) is 23.8 Å². The zero-order chi connectivity index (χ0) is 15.4. The molecule has 0 aromatic heterocycles. The van der Waals surface area contributed by atoms with E-state index in [9.17, 15) is 9.59 Å². The van der Waals surface area contributed by atoms with E-state index in [2.05, 4.69) is 0 Å². The van der Waals surface area contributed by atoms with Crippen LogP contribution in [0.3, 0.4) is 0 Å². The van der Waals surface area contributed by atoms with Crippen molar-refractivity contribution in [1.29, 1.82) is 0 Å². The quantitative estimate of drug-likeness (QED) is 0.767. The average molecular weight is 293 g/mol. The molecule has 1 heterocycles. The van der Waals surface area contributed by atoms with Crippen LogP contribution in [0.1, 0.15) is 18.4 Å². The molecule has 6 heteroatoms. The van der Waals surface area contributed by atoms with Crippen molar-refractivity contribution < 1.29 is 23.8 Å². The zero-order valence-corrected chi connectivity index (χ0v) is 12.4. The van der Waals surface area contributed by atoms with E-state index in [0.717, 1.165) is 5.56 Å². The number of methoxy groups -OCH3 is 3. The summed E-state index contributed by atoms with van der Waals surface area (Å²) in [4.78, 5) is 25.3. The van der Waals surface area contributed by atoms with E-state index >= 15 is 0 Å². The van der Waals surface area contributed by atoms with Crippen LogP contribution >= 0.6 is 0 Å². The second-order valence-corrected chi connectivity index (χ2v) is 4.78. The lowest BCUT2D eigenvalue weighted by atomic mass is 10.1. The summed E-state index contributed by atoms with van der Waals surface area (Å²) in [5, 5.41) is 0. The van der Waals surface area contributed by atoms with Crippen molar-refractivity contribution >= 4 is 11.9 Å². The van der Waals surface area contributed by atoms with E-state index in [4.69, 9.17) is 14.2 Å². The van der Waals surface area contributed by atoms with Gasteiger partial charge in [0.1, 0.15) is 17.5 Å². The first-order valence-corrected chi connectivity index (χ1v) is 6.69. The number of hydrogen-bond donors (Lipinski definition) is 0. The van der Waals surface area contributed by atoms with Crippen molar-refractivity contribution in [2.24, 2.45) is 0 Å². The van der Waals surface area contributed by atoms with Gasteiger partial charge in [-0.25, -0.2) is 4.79 Å². The van der Waals surface area contributed by atoms with Gasteiger partial charge in [-0.15, -0.1) is 0 Å². The van der Waals surface area contributed by atoms with Crippen LogP contribution in [-0.4, -0.2) is 44.1 Å². The fraction of sp³-hybridized carbons (Fsp3) is 0.467. The van der Waals surface area contributed by atoms with Crippen molar-refractivity contribution in [2.75, 3.05) is 21.3 Å². The van der Waals surface area contributed by atoms with Gasteiger partial charge >= 0.3 is 5.97 Å². The number of benzene rings is 1. The minimum atomic E-state index is -0.529. The van der Waals surface area contributed by atoms with Gasteiger partial charge in [-0.3, -0.25) is 4.79 Å². The Morgan fingerprint density at radius 2 is 2.05 bits per heavy atom. The second kappa shape index (κ2) is 6.47. The van der Waals surface area contributed by atoms with Crippen LogP contribution in [0.15, 0.2) is 18.2 Å². The molecule has 1 aromatic carbocycles. The normalized spacial score (nSPS) is 17.8. The molecule has 114 valence electrons. The highest BCUT2D eigenvalue weighted by Crippen LogP contribution is 2.29. The maximum absolute atomic E-state index is 12.0. The molecule has 0 radical (unpaired) electrons. The SMILES string of the molecule is COC(=O)C1CCC(=O)N1Cc1cc(OC)ccc1OC. The van der Waals surface area contributed by atoms with Gasteiger partial charge < -0.3 is 19.1 Å². The fourth-order valence-corrected chi connectivity index (χ4v) is 2.50. The molecule has 1 unspecified atom stereocenters. The van der Waals surface area contributed by atoms with Gasteiger partial charge in [-0.2, -0.15) is 0 Å². The minimum absolute atomic E-state index is 0.0599. The lowest BCUT2D eigenvalue weighted by molar-refractivity contribution is -0.149. The molecule has 0 saturated carbocycles. The Kier molecular flexibility index (Phi) is 4.67. The van der Waals surface area contributed by atoms with E-state index < -0.39 is 6.04 Å². The maximum Gasteiger partial charge on any atom is 0.328 e. The molecular formula is C15H19NO5. The molecule has 1 aliphatic heterocycles. The lowest BCUT2D eigenvalue weighted by Crippen LogP contribution is -2.38. The number of ether oxygens (including phenoxy) is 3. The molecule has 1 atom stereocenters. The van der Waals surface area contributed by atoms with Crippen LogP contribution in [0.4, 0.5) is 0 Å². The third-order valence-electron chi connectivity index (χ3n) is 3.63. The predicted octanol–water partition coefficient (Wildman–Crippen LogP) is 1.37. The van der Waals surface area contributed by atoms with Crippen LogP contribution in [0.25, 0.3) is 0 Å². The van der Waals surface area contributed by atoms with E-state index in [1.807, 2.05) is 0 Å². The van der Waals surface area contributed by atoms with Crippen molar-refractivity contribution in [1.82, 2.24) is 4.90 Å². The Bertz CT molecular complexity index is 543. The van der Waals surface area contributed by atoms with Gasteiger partial charge in [0.15, 0.2) is 0 Å². The number of carbonyl (C=O) groups is 2. The van der Waals surface area contributed by atoms with Crippen LogP contribution in [-0.2, 0) is 20.9 Å². The van der Waals surface area contributed by atoms with Crippen LogP contribution in [0, 0.1) is 0 Å². The molecule has 1 aromatic rings. The fourth-order valence-electron chi connectivity index (χ4n) is 2.50. The molecule has 6 nitrogen and oxygen atoms in total. The predicted molar refractivity (Wildman–Crippen MR) is 75.1 cm³/mol. The number of hydrogen-bond acceptors (Lipinski definition) is 5. The van der Waals surface area contributed by atoms with Gasteiger partial charge in [0.05, 0.1) is 27.9 Å². The molecule has 0 spiro atoms. The summed E-state index contributed by atoms with van der Waals surface area (Å²) < 4.78 is 15.3. The second-order valence-electron chi connectivity index (χ2n) is 4.78. The first kappa shape index (κ1) is 15.2. The summed E-state index contributed by atoms with van der Waals surface area (Å²) in [5.41, 5.74) is 0.793. The Labute approximate surface area is 123 Å². The standard InChI is InChI=1S/C15H19NO5/c1-19-11-4-6-13(20-2)10(8-11)9-16-12(15(18)21-3)5-7-14(16)17/h4,6,8,12H,5,7,9H2,1-3H3. The number of esters is 1. The topological polar surface area (TPSA) is 65.1 Å². The molecule has 1 fully saturated rings. The van der Waals surface area contributed by atoms with E-state index in [1.54, 1.807) is 32.4 Å². The molecule has 0 bridgehead atoms. The van der Waals surface area contributed by atoms with Gasteiger partial charge in [0, 0.05) is 12.0 Å². The Morgan fingerprint density at radius 1 is 1.29 bits per heavy atom. The summed E-state index contributed by atoms with van der Waals surface area (Å²) in [6, 6.07) is 4.84. The lowest BCUT2D eigenvalue weighted by Gasteiger charge is -2.24. The number of amides is 1. The number of nitrogens with zero attached hydrogens (tertiary/aromatic N) is 1. The molecule has 1 aliphatic rings. The molecule has 1 saturated heterocycles. The third kappa shape index (κ3) is 3.09. The number of rotatable bonds is 5. The summed E-state index contributed by atoms with van der Waals surface area (Å²) in [6.07, 6.45) is 0.837. The monoisotopic (exact) mass is 293 g/mol. The minimum Gasteiger partial charge on any atom is -0.497 e. The highest BCUT2D eigenvalue weighted by molar-refractivity contribution is 5.88. The van der Waals surface area contributed by atoms with Gasteiger partial charge in [-0.05, 0) is 24.6 Å². The van der Waals surface area contributed by atoms with Crippen LogP contribution in [0.5, 0.6) is 11.5 Å². The van der Waals surface area contributed by atoms with Gasteiger partial charge in [-0.1, -0.05) is 0 Å². The molecule has 0 aliphatic carbocycles. The molecule has 1 amide bonds. The summed E-state index contributed by atoms with van der Waals surface area (Å²) in [6.45, 7) is 0.291. The Morgan fingerprint density at radius 3 is 2.67 bits per heavy atom. The largest absolute Gasteiger partial charge is 0.497 e.